The lowest BCUT2D eigenvalue weighted by atomic mass is 9.90. The normalized spacial score (nSPS) is 23.4. The fourth-order valence-electron chi connectivity index (χ4n) is 1.96. The molecule has 0 aromatic rings. The molecule has 5 nitrogen and oxygen atoms in total. The first-order valence-electron chi connectivity index (χ1n) is 5.47. The van der Waals surface area contributed by atoms with E-state index in [9.17, 15) is 4.79 Å². The minimum Gasteiger partial charge on any atom is -0.465 e. The van der Waals surface area contributed by atoms with Gasteiger partial charge in [-0.05, 0) is 37.6 Å². The maximum absolute atomic E-state index is 10.3. The van der Waals surface area contributed by atoms with Crippen molar-refractivity contribution in [2.24, 2.45) is 17.6 Å². The number of carboxylic acid groups (broad SMARTS) is 1. The summed E-state index contributed by atoms with van der Waals surface area (Å²) in [5.41, 5.74) is 5.60. The van der Waals surface area contributed by atoms with Crippen LogP contribution in [0.2, 0.25) is 0 Å². The van der Waals surface area contributed by atoms with E-state index in [0.717, 1.165) is 26.1 Å². The third-order valence-corrected chi connectivity index (χ3v) is 2.80. The molecular weight excluding hydrogens is 196 g/mol. The van der Waals surface area contributed by atoms with E-state index in [1.807, 2.05) is 0 Å². The van der Waals surface area contributed by atoms with Crippen molar-refractivity contribution in [3.8, 4) is 0 Å². The van der Waals surface area contributed by atoms with Crippen LogP contribution in [0, 0.1) is 11.8 Å². The average molecular weight is 216 g/mol. The van der Waals surface area contributed by atoms with Crippen LogP contribution in [-0.2, 0) is 4.74 Å². The zero-order chi connectivity index (χ0) is 11.1. The van der Waals surface area contributed by atoms with Gasteiger partial charge in [-0.25, -0.2) is 4.79 Å². The molecule has 0 unspecified atom stereocenters. The number of amides is 1. The van der Waals surface area contributed by atoms with E-state index in [4.69, 9.17) is 15.6 Å². The molecule has 15 heavy (non-hydrogen) atoms. The van der Waals surface area contributed by atoms with Crippen molar-refractivity contribution < 1.29 is 14.6 Å². The van der Waals surface area contributed by atoms with Crippen molar-refractivity contribution in [1.82, 2.24) is 5.32 Å². The van der Waals surface area contributed by atoms with Crippen LogP contribution in [0.5, 0.6) is 0 Å². The molecule has 4 N–H and O–H groups in total. The van der Waals surface area contributed by atoms with Gasteiger partial charge >= 0.3 is 6.09 Å². The largest absolute Gasteiger partial charge is 0.465 e. The van der Waals surface area contributed by atoms with E-state index in [1.165, 1.54) is 6.42 Å². The predicted octanol–water partition coefficient (Wildman–Crippen LogP) is 0.646. The minimum atomic E-state index is -0.978. The number of ether oxygens (including phenoxy) is 1. The Morgan fingerprint density at radius 1 is 1.67 bits per heavy atom. The highest BCUT2D eigenvalue weighted by Crippen LogP contribution is 2.20. The van der Waals surface area contributed by atoms with E-state index in [1.54, 1.807) is 0 Å². The molecule has 1 fully saturated rings. The fraction of sp³-hybridized carbons (Fsp3) is 0.900. The Hall–Kier alpha value is -0.810. The van der Waals surface area contributed by atoms with Gasteiger partial charge < -0.3 is 20.9 Å². The van der Waals surface area contributed by atoms with Gasteiger partial charge in [0.1, 0.15) is 0 Å². The summed E-state index contributed by atoms with van der Waals surface area (Å²) in [6, 6.07) is 0. The van der Waals surface area contributed by atoms with Crippen molar-refractivity contribution in [3.05, 3.63) is 0 Å². The van der Waals surface area contributed by atoms with Gasteiger partial charge in [0.2, 0.25) is 0 Å². The van der Waals surface area contributed by atoms with Gasteiger partial charge in [0, 0.05) is 19.8 Å². The summed E-state index contributed by atoms with van der Waals surface area (Å²) in [7, 11) is 0. The van der Waals surface area contributed by atoms with Crippen LogP contribution >= 0.6 is 0 Å². The Bertz CT molecular complexity index is 193. The number of carbonyl (C=O) groups is 1. The highest BCUT2D eigenvalue weighted by atomic mass is 16.5. The number of hydrogen-bond acceptors (Lipinski definition) is 3. The van der Waals surface area contributed by atoms with Gasteiger partial charge in [-0.2, -0.15) is 0 Å². The molecule has 2 atom stereocenters. The molecule has 1 amide bonds. The van der Waals surface area contributed by atoms with Gasteiger partial charge in [0.25, 0.3) is 0 Å². The maximum atomic E-state index is 10.3. The molecule has 0 radical (unpaired) electrons. The van der Waals surface area contributed by atoms with Crippen LogP contribution in [0.15, 0.2) is 0 Å². The quantitative estimate of drug-likeness (QED) is 0.630. The molecule has 5 heteroatoms. The summed E-state index contributed by atoms with van der Waals surface area (Å²) in [6.07, 6.45) is 2.25. The third-order valence-electron chi connectivity index (χ3n) is 2.80. The van der Waals surface area contributed by atoms with Crippen molar-refractivity contribution in [2.75, 3.05) is 26.3 Å². The number of rotatable bonds is 5. The van der Waals surface area contributed by atoms with Crippen LogP contribution in [0.25, 0.3) is 0 Å². The van der Waals surface area contributed by atoms with E-state index in [-0.39, 0.29) is 5.92 Å². The molecule has 0 spiro atoms. The van der Waals surface area contributed by atoms with Crippen LogP contribution < -0.4 is 11.1 Å². The average Bonchev–Trinajstić information content (AvgIpc) is 2.25. The molecular formula is C10H20N2O3. The van der Waals surface area contributed by atoms with Gasteiger partial charge in [-0.15, -0.1) is 0 Å². The molecule has 0 bridgehead atoms. The monoisotopic (exact) mass is 216 g/mol. The molecule has 1 rings (SSSR count). The lowest BCUT2D eigenvalue weighted by Gasteiger charge is -2.25. The lowest BCUT2D eigenvalue weighted by Crippen LogP contribution is -2.34. The molecule has 1 aliphatic heterocycles. The Morgan fingerprint density at radius 2 is 2.47 bits per heavy atom. The van der Waals surface area contributed by atoms with E-state index in [2.05, 4.69) is 5.32 Å². The molecule has 88 valence electrons. The van der Waals surface area contributed by atoms with Crippen molar-refractivity contribution >= 4 is 6.09 Å². The lowest BCUT2D eigenvalue weighted by molar-refractivity contribution is 0.0455. The van der Waals surface area contributed by atoms with Gasteiger partial charge in [-0.3, -0.25) is 0 Å². The molecule has 1 heterocycles. The highest BCUT2D eigenvalue weighted by molar-refractivity contribution is 5.64. The van der Waals surface area contributed by atoms with Crippen molar-refractivity contribution in [1.29, 1.82) is 0 Å². The van der Waals surface area contributed by atoms with Crippen LogP contribution in [0.3, 0.4) is 0 Å². The second-order valence-electron chi connectivity index (χ2n) is 4.11. The van der Waals surface area contributed by atoms with Crippen LogP contribution in [0.4, 0.5) is 4.79 Å². The van der Waals surface area contributed by atoms with Crippen LogP contribution in [0.1, 0.15) is 19.3 Å². The van der Waals surface area contributed by atoms with E-state index in [0.29, 0.717) is 19.0 Å². The summed E-state index contributed by atoms with van der Waals surface area (Å²) in [5, 5.41) is 10.9. The second kappa shape index (κ2) is 6.63. The zero-order valence-electron chi connectivity index (χ0n) is 8.95. The SMILES string of the molecule is NC[C@@H](CNC(=O)O)C[C@H]1CCCOC1. The Balaban J connectivity index is 2.22. The molecule has 0 aliphatic carbocycles. The maximum Gasteiger partial charge on any atom is 0.404 e. The first-order valence-corrected chi connectivity index (χ1v) is 5.47. The fourth-order valence-corrected chi connectivity index (χ4v) is 1.96. The summed E-state index contributed by atoms with van der Waals surface area (Å²) in [6.45, 7) is 2.62. The Labute approximate surface area is 90.0 Å². The third kappa shape index (κ3) is 4.99. The molecule has 0 aromatic heterocycles. The van der Waals surface area contributed by atoms with Crippen LogP contribution in [-0.4, -0.2) is 37.5 Å². The first kappa shape index (κ1) is 12.3. The summed E-state index contributed by atoms with van der Waals surface area (Å²) < 4.78 is 5.38. The first-order chi connectivity index (χ1) is 7.22. The molecule has 0 saturated carbocycles. The number of nitrogens with two attached hydrogens (primary N) is 1. The van der Waals surface area contributed by atoms with Gasteiger partial charge in [-0.1, -0.05) is 0 Å². The molecule has 1 aliphatic rings. The summed E-state index contributed by atoms with van der Waals surface area (Å²) >= 11 is 0. The van der Waals surface area contributed by atoms with Crippen molar-refractivity contribution in [3.63, 3.8) is 0 Å². The summed E-state index contributed by atoms with van der Waals surface area (Å²) in [4.78, 5) is 10.3. The number of hydrogen-bond donors (Lipinski definition) is 3. The predicted molar refractivity (Wildman–Crippen MR) is 56.7 cm³/mol. The Kier molecular flexibility index (Phi) is 5.42. The number of nitrogens with one attached hydrogen (secondary N) is 1. The standard InChI is InChI=1S/C10H20N2O3/c11-5-9(6-12-10(13)14)4-8-2-1-3-15-7-8/h8-9,12H,1-7,11H2,(H,13,14)/t8-,9+/m1/s1. The second-order valence-corrected chi connectivity index (χ2v) is 4.11. The summed E-state index contributed by atoms with van der Waals surface area (Å²) in [5.74, 6) is 0.774. The van der Waals surface area contributed by atoms with Gasteiger partial charge in [0.05, 0.1) is 0 Å². The minimum absolute atomic E-state index is 0.229. The Morgan fingerprint density at radius 3 is 3.00 bits per heavy atom. The van der Waals surface area contributed by atoms with Gasteiger partial charge in [0.15, 0.2) is 0 Å². The van der Waals surface area contributed by atoms with E-state index >= 15 is 0 Å². The highest BCUT2D eigenvalue weighted by Gasteiger charge is 2.18. The van der Waals surface area contributed by atoms with Crippen molar-refractivity contribution in [2.45, 2.75) is 19.3 Å². The van der Waals surface area contributed by atoms with E-state index < -0.39 is 6.09 Å². The smallest absolute Gasteiger partial charge is 0.404 e. The topological polar surface area (TPSA) is 84.6 Å². The molecule has 1 saturated heterocycles. The zero-order valence-corrected chi connectivity index (χ0v) is 8.95. The molecule has 0 aromatic carbocycles.